The first-order valence-corrected chi connectivity index (χ1v) is 4.01. The van der Waals surface area contributed by atoms with Crippen LogP contribution in [0.25, 0.3) is 0 Å². The van der Waals surface area contributed by atoms with Gasteiger partial charge in [0.25, 0.3) is 0 Å². The van der Waals surface area contributed by atoms with Crippen LogP contribution in [0.4, 0.5) is 8.78 Å². The minimum absolute atomic E-state index is 0.616. The molecule has 0 bridgehead atoms. The maximum Gasteiger partial charge on any atom is 0.169 e. The Labute approximate surface area is 61.9 Å². The van der Waals surface area contributed by atoms with E-state index in [4.69, 9.17) is 0 Å². The molecule has 0 fully saturated rings. The molecule has 0 N–H and O–H groups in total. The van der Waals surface area contributed by atoms with Crippen molar-refractivity contribution < 1.29 is 12.4 Å². The third-order valence-electron chi connectivity index (χ3n) is 0.344. The zero-order chi connectivity index (χ0) is 7.28. The lowest BCUT2D eigenvalue weighted by atomic mass is 10.9. The smallest absolute Gasteiger partial charge is 0.169 e. The summed E-state index contributed by atoms with van der Waals surface area (Å²) < 4.78 is 28.1. The predicted molar refractivity (Wildman–Crippen MR) is 37.4 cm³/mol. The molecule has 2 unspecified atom stereocenters. The summed E-state index contributed by atoms with van der Waals surface area (Å²) in [6.45, 7) is 2.66. The summed E-state index contributed by atoms with van der Waals surface area (Å²) >= 11 is 1.23. The van der Waals surface area contributed by atoms with Crippen LogP contribution in [0.3, 0.4) is 0 Å². The van der Waals surface area contributed by atoms with Crippen molar-refractivity contribution in [2.75, 3.05) is 0 Å². The third kappa shape index (κ3) is 8.52. The van der Waals surface area contributed by atoms with E-state index in [1.54, 1.807) is 0 Å². The van der Waals surface area contributed by atoms with Crippen LogP contribution in [-0.4, -0.2) is 11.0 Å². The molecule has 1 nitrogen and oxygen atoms in total. The molecule has 0 aliphatic rings. The standard InChI is InChI=1S/C4H8F2OS2/c1-3(5)8-7-9-4(2)6/h3-4H,1-2H3. The van der Waals surface area contributed by atoms with Crippen molar-refractivity contribution in [1.82, 2.24) is 0 Å². The van der Waals surface area contributed by atoms with Gasteiger partial charge in [-0.1, -0.05) is 0 Å². The van der Waals surface area contributed by atoms with Crippen molar-refractivity contribution in [1.29, 1.82) is 0 Å². The summed E-state index contributed by atoms with van der Waals surface area (Å²) in [6.07, 6.45) is 0. The molecule has 0 amide bonds. The minimum Gasteiger partial charge on any atom is -0.241 e. The van der Waals surface area contributed by atoms with Crippen molar-refractivity contribution in [3.63, 3.8) is 0 Å². The molecule has 0 saturated heterocycles. The van der Waals surface area contributed by atoms with Gasteiger partial charge in [-0.15, -0.1) is 0 Å². The van der Waals surface area contributed by atoms with Crippen LogP contribution in [0, 0.1) is 0 Å². The van der Waals surface area contributed by atoms with E-state index in [0.717, 1.165) is 0 Å². The molecular weight excluding hydrogens is 166 g/mol. The Morgan fingerprint density at radius 1 is 1.11 bits per heavy atom. The van der Waals surface area contributed by atoms with Crippen LogP contribution in [0.2, 0.25) is 0 Å². The number of halogens is 2. The highest BCUT2D eigenvalue weighted by Gasteiger charge is 2.03. The quantitative estimate of drug-likeness (QED) is 0.606. The van der Waals surface area contributed by atoms with Crippen molar-refractivity contribution in [2.24, 2.45) is 0 Å². The van der Waals surface area contributed by atoms with Crippen LogP contribution in [0.5, 0.6) is 0 Å². The van der Waals surface area contributed by atoms with Crippen molar-refractivity contribution >= 4 is 24.1 Å². The van der Waals surface area contributed by atoms with E-state index in [1.807, 2.05) is 0 Å². The van der Waals surface area contributed by atoms with Gasteiger partial charge in [0, 0.05) is 24.1 Å². The van der Waals surface area contributed by atoms with Crippen LogP contribution in [0.15, 0.2) is 0 Å². The van der Waals surface area contributed by atoms with Crippen LogP contribution >= 0.6 is 24.1 Å². The summed E-state index contributed by atoms with van der Waals surface area (Å²) in [4.78, 5) is 0. The van der Waals surface area contributed by atoms with E-state index in [1.165, 1.54) is 13.8 Å². The highest BCUT2D eigenvalue weighted by Crippen LogP contribution is 2.24. The van der Waals surface area contributed by atoms with Crippen LogP contribution in [0.1, 0.15) is 13.8 Å². The number of rotatable bonds is 4. The van der Waals surface area contributed by atoms with E-state index >= 15 is 0 Å². The Bertz CT molecular complexity index is 61.6. The SMILES string of the molecule is CC(F)SOSC(C)F. The molecular formula is C4H8F2OS2. The molecule has 0 aromatic heterocycles. The molecule has 0 aliphatic heterocycles. The third-order valence-corrected chi connectivity index (χ3v) is 1.50. The number of alkyl halides is 2. The van der Waals surface area contributed by atoms with Gasteiger partial charge in [0.15, 0.2) is 11.0 Å². The fraction of sp³-hybridized carbons (Fsp3) is 1.00. The zero-order valence-corrected chi connectivity index (χ0v) is 6.77. The Hall–Kier alpha value is 0.520. The Morgan fingerprint density at radius 2 is 1.44 bits per heavy atom. The molecule has 0 aromatic rings. The summed E-state index contributed by atoms with van der Waals surface area (Å²) in [5.41, 5.74) is -2.20. The van der Waals surface area contributed by atoms with Gasteiger partial charge in [-0.25, -0.2) is 12.4 Å². The number of hydrogen-bond acceptors (Lipinski definition) is 3. The molecule has 0 aliphatic carbocycles. The Morgan fingerprint density at radius 3 is 1.67 bits per heavy atom. The van der Waals surface area contributed by atoms with Gasteiger partial charge >= 0.3 is 0 Å². The molecule has 0 rings (SSSR count). The van der Waals surface area contributed by atoms with E-state index in [2.05, 4.69) is 3.63 Å². The lowest BCUT2D eigenvalue weighted by molar-refractivity contribution is 0.457. The summed E-state index contributed by atoms with van der Waals surface area (Å²) in [5.74, 6) is 0. The number of hydrogen-bond donors (Lipinski definition) is 0. The van der Waals surface area contributed by atoms with Crippen molar-refractivity contribution in [2.45, 2.75) is 24.9 Å². The highest BCUT2D eigenvalue weighted by atomic mass is 32.2. The molecule has 0 aromatic carbocycles. The van der Waals surface area contributed by atoms with Gasteiger partial charge in [0.05, 0.1) is 0 Å². The molecule has 5 heteroatoms. The first-order chi connectivity index (χ1) is 4.13. The average Bonchev–Trinajstić information content (AvgIpc) is 1.63. The van der Waals surface area contributed by atoms with E-state index in [-0.39, 0.29) is 0 Å². The first-order valence-electron chi connectivity index (χ1n) is 2.40. The molecule has 0 saturated carbocycles. The second-order valence-electron chi connectivity index (χ2n) is 1.35. The Balaban J connectivity index is 2.91. The molecule has 9 heavy (non-hydrogen) atoms. The normalized spacial score (nSPS) is 17.3. The predicted octanol–water partition coefficient (Wildman–Crippen LogP) is 2.93. The second-order valence-corrected chi connectivity index (χ2v) is 3.57. The monoisotopic (exact) mass is 174 g/mol. The lowest BCUT2D eigenvalue weighted by Crippen LogP contribution is -1.86. The van der Waals surface area contributed by atoms with Crippen LogP contribution < -0.4 is 0 Å². The van der Waals surface area contributed by atoms with Gasteiger partial charge in [-0.05, 0) is 13.8 Å². The zero-order valence-electron chi connectivity index (χ0n) is 5.14. The topological polar surface area (TPSA) is 9.23 Å². The fourth-order valence-electron chi connectivity index (χ4n) is 0.131. The molecule has 0 radical (unpaired) electrons. The van der Waals surface area contributed by atoms with Gasteiger partial charge in [-0.3, -0.25) is 0 Å². The van der Waals surface area contributed by atoms with Crippen LogP contribution in [-0.2, 0) is 3.63 Å². The molecule has 0 heterocycles. The first kappa shape index (κ1) is 9.52. The van der Waals surface area contributed by atoms with E-state index < -0.39 is 11.0 Å². The van der Waals surface area contributed by atoms with Crippen molar-refractivity contribution in [3.05, 3.63) is 0 Å². The largest absolute Gasteiger partial charge is 0.241 e. The minimum atomic E-state index is -1.10. The van der Waals surface area contributed by atoms with E-state index in [0.29, 0.717) is 24.1 Å². The summed E-state index contributed by atoms with van der Waals surface area (Å²) in [6, 6.07) is 0. The van der Waals surface area contributed by atoms with Gasteiger partial charge in [-0.2, -0.15) is 0 Å². The van der Waals surface area contributed by atoms with Gasteiger partial charge in [0.1, 0.15) is 0 Å². The van der Waals surface area contributed by atoms with E-state index in [9.17, 15) is 8.78 Å². The van der Waals surface area contributed by atoms with Crippen molar-refractivity contribution in [3.8, 4) is 0 Å². The molecule has 0 spiro atoms. The van der Waals surface area contributed by atoms with Gasteiger partial charge < -0.3 is 0 Å². The summed E-state index contributed by atoms with van der Waals surface area (Å²) in [5, 5.41) is 0. The molecule has 2 atom stereocenters. The Kier molecular flexibility index (Phi) is 5.62. The second kappa shape index (κ2) is 5.32. The lowest BCUT2D eigenvalue weighted by Gasteiger charge is -2.00. The highest BCUT2D eigenvalue weighted by molar-refractivity contribution is 8.08. The van der Waals surface area contributed by atoms with Gasteiger partial charge in [0.2, 0.25) is 0 Å². The molecule has 56 valence electrons. The summed E-state index contributed by atoms with van der Waals surface area (Å²) in [7, 11) is 0. The maximum atomic E-state index is 11.9. The average molecular weight is 174 g/mol. The fourth-order valence-corrected chi connectivity index (χ4v) is 1.18. The maximum absolute atomic E-state index is 11.9.